The van der Waals surface area contributed by atoms with Crippen LogP contribution >= 0.6 is 23.6 Å². The Kier molecular flexibility index (Phi) is 6.58. The third-order valence-corrected chi connectivity index (χ3v) is 5.19. The minimum absolute atomic E-state index is 0.134. The highest BCUT2D eigenvalue weighted by Gasteiger charge is 2.18. The van der Waals surface area contributed by atoms with E-state index in [1.807, 2.05) is 30.3 Å². The Labute approximate surface area is 177 Å². The molecular weight excluding hydrogens is 406 g/mol. The van der Waals surface area contributed by atoms with Gasteiger partial charge in [0.05, 0.1) is 12.7 Å². The Hall–Kier alpha value is -3.23. The molecule has 0 radical (unpaired) electrons. The molecule has 0 saturated carbocycles. The van der Waals surface area contributed by atoms with Gasteiger partial charge in [-0.1, -0.05) is 30.3 Å². The number of ether oxygens (including phenoxy) is 1. The first-order valence-electron chi connectivity index (χ1n) is 8.69. The van der Waals surface area contributed by atoms with Gasteiger partial charge in [0.2, 0.25) is 5.91 Å². The normalized spacial score (nSPS) is 10.1. The quantitative estimate of drug-likeness (QED) is 0.396. The number of thiocarbonyl (C=S) groups is 1. The van der Waals surface area contributed by atoms with Gasteiger partial charge in [0.15, 0.2) is 5.11 Å². The van der Waals surface area contributed by atoms with E-state index in [1.54, 1.807) is 30.3 Å². The lowest BCUT2D eigenvalue weighted by atomic mass is 10.1. The Morgan fingerprint density at radius 1 is 0.931 bits per heavy atom. The van der Waals surface area contributed by atoms with Crippen molar-refractivity contribution in [1.29, 1.82) is 0 Å². The maximum absolute atomic E-state index is 12.2. The number of nitrogens with one attached hydrogen (secondary N) is 3. The summed E-state index contributed by atoms with van der Waals surface area (Å²) < 4.78 is 4.90. The summed E-state index contributed by atoms with van der Waals surface area (Å²) in [7, 11) is 1.35. The van der Waals surface area contributed by atoms with Gasteiger partial charge in [-0.15, -0.1) is 11.3 Å². The molecule has 29 heavy (non-hydrogen) atoms. The zero-order chi connectivity index (χ0) is 20.8. The Balaban J connectivity index is 1.76. The molecule has 3 rings (SSSR count). The van der Waals surface area contributed by atoms with Crippen LogP contribution in [0.15, 0.2) is 60.7 Å². The maximum atomic E-state index is 12.2. The predicted molar refractivity (Wildman–Crippen MR) is 122 cm³/mol. The Bertz CT molecular complexity index is 1030. The van der Waals surface area contributed by atoms with Crippen LogP contribution in [-0.2, 0) is 9.53 Å². The molecule has 0 aliphatic rings. The molecular formula is C21H19N3O3S2. The molecule has 8 heteroatoms. The summed E-state index contributed by atoms with van der Waals surface area (Å²) in [5.74, 6) is -0.571. The van der Waals surface area contributed by atoms with Crippen molar-refractivity contribution >= 4 is 56.9 Å². The fourth-order valence-corrected chi connectivity index (χ4v) is 3.94. The minimum atomic E-state index is -0.437. The number of thiophene rings is 1. The second kappa shape index (κ2) is 9.31. The maximum Gasteiger partial charge on any atom is 0.340 e. The van der Waals surface area contributed by atoms with Gasteiger partial charge in [-0.3, -0.25) is 4.79 Å². The SMILES string of the molecule is COC(=O)c1cc(-c2ccccc2)sc1NC(=S)Nc1ccc(NC(C)=O)cc1. The van der Waals surface area contributed by atoms with Crippen molar-refractivity contribution in [2.24, 2.45) is 0 Å². The summed E-state index contributed by atoms with van der Waals surface area (Å²) in [6, 6.07) is 18.7. The van der Waals surface area contributed by atoms with Crippen molar-refractivity contribution in [3.63, 3.8) is 0 Å². The number of hydrogen-bond donors (Lipinski definition) is 3. The summed E-state index contributed by atoms with van der Waals surface area (Å²) in [5.41, 5.74) is 2.86. The monoisotopic (exact) mass is 425 g/mol. The van der Waals surface area contributed by atoms with Gasteiger partial charge in [-0.05, 0) is 48.1 Å². The van der Waals surface area contributed by atoms with Crippen molar-refractivity contribution in [2.45, 2.75) is 6.92 Å². The van der Waals surface area contributed by atoms with E-state index in [-0.39, 0.29) is 5.91 Å². The number of carbonyl (C=O) groups excluding carboxylic acids is 2. The molecule has 0 unspecified atom stereocenters. The third kappa shape index (κ3) is 5.40. The van der Waals surface area contributed by atoms with E-state index in [9.17, 15) is 9.59 Å². The Morgan fingerprint density at radius 2 is 1.55 bits per heavy atom. The molecule has 148 valence electrons. The molecule has 0 atom stereocenters. The molecule has 0 bridgehead atoms. The molecule has 1 amide bonds. The van der Waals surface area contributed by atoms with Crippen molar-refractivity contribution in [2.75, 3.05) is 23.1 Å². The molecule has 2 aromatic carbocycles. The molecule has 0 spiro atoms. The largest absolute Gasteiger partial charge is 0.465 e. The van der Waals surface area contributed by atoms with E-state index in [2.05, 4.69) is 16.0 Å². The standard InChI is InChI=1S/C21H19N3O3S2/c1-13(25)22-15-8-10-16(11-9-15)23-21(28)24-19-17(20(26)27-2)12-18(29-19)14-6-4-3-5-7-14/h3-12H,1-2H3,(H,22,25)(H2,23,24,28). The predicted octanol–water partition coefficient (Wildman–Crippen LogP) is 4.97. The van der Waals surface area contributed by atoms with Crippen LogP contribution in [0.1, 0.15) is 17.3 Å². The molecule has 0 saturated heterocycles. The molecule has 0 aliphatic carbocycles. The zero-order valence-electron chi connectivity index (χ0n) is 15.8. The second-order valence-corrected chi connectivity index (χ2v) is 7.51. The van der Waals surface area contributed by atoms with E-state index >= 15 is 0 Å². The molecule has 3 aromatic rings. The first kappa shape index (κ1) is 20.5. The van der Waals surface area contributed by atoms with Crippen LogP contribution in [0, 0.1) is 0 Å². The lowest BCUT2D eigenvalue weighted by molar-refractivity contribution is -0.114. The van der Waals surface area contributed by atoms with Crippen LogP contribution in [0.25, 0.3) is 10.4 Å². The van der Waals surface area contributed by atoms with Gasteiger partial charge >= 0.3 is 5.97 Å². The molecule has 1 aromatic heterocycles. The zero-order valence-corrected chi connectivity index (χ0v) is 17.4. The van der Waals surface area contributed by atoms with E-state index in [4.69, 9.17) is 17.0 Å². The van der Waals surface area contributed by atoms with Gasteiger partial charge in [0.25, 0.3) is 0 Å². The van der Waals surface area contributed by atoms with Crippen molar-refractivity contribution < 1.29 is 14.3 Å². The van der Waals surface area contributed by atoms with E-state index < -0.39 is 5.97 Å². The highest BCUT2D eigenvalue weighted by Crippen LogP contribution is 2.36. The van der Waals surface area contributed by atoms with Gasteiger partial charge in [0, 0.05) is 23.2 Å². The summed E-state index contributed by atoms with van der Waals surface area (Å²) in [5, 5.41) is 9.79. The second-order valence-electron chi connectivity index (χ2n) is 6.05. The summed E-state index contributed by atoms with van der Waals surface area (Å²) in [4.78, 5) is 24.2. The average molecular weight is 426 g/mol. The lowest BCUT2D eigenvalue weighted by Gasteiger charge is -2.11. The number of rotatable bonds is 5. The van der Waals surface area contributed by atoms with Crippen LogP contribution in [0.5, 0.6) is 0 Å². The molecule has 6 nitrogen and oxygen atoms in total. The minimum Gasteiger partial charge on any atom is -0.465 e. The Morgan fingerprint density at radius 3 is 2.14 bits per heavy atom. The number of amides is 1. The molecule has 3 N–H and O–H groups in total. The number of carbonyl (C=O) groups is 2. The smallest absolute Gasteiger partial charge is 0.340 e. The third-order valence-electron chi connectivity index (χ3n) is 3.89. The van der Waals surface area contributed by atoms with Crippen LogP contribution in [0.3, 0.4) is 0 Å². The number of esters is 1. The average Bonchev–Trinajstić information content (AvgIpc) is 3.13. The van der Waals surface area contributed by atoms with Crippen molar-refractivity contribution in [3.8, 4) is 10.4 Å². The summed E-state index contributed by atoms with van der Waals surface area (Å²) in [6.07, 6.45) is 0. The summed E-state index contributed by atoms with van der Waals surface area (Å²) >= 11 is 6.81. The topological polar surface area (TPSA) is 79.5 Å². The number of methoxy groups -OCH3 is 1. The number of hydrogen-bond acceptors (Lipinski definition) is 5. The fourth-order valence-electron chi connectivity index (χ4n) is 2.60. The van der Waals surface area contributed by atoms with Gasteiger partial charge in [-0.2, -0.15) is 0 Å². The number of anilines is 3. The van der Waals surface area contributed by atoms with Gasteiger partial charge in [0.1, 0.15) is 5.00 Å². The highest BCUT2D eigenvalue weighted by molar-refractivity contribution is 7.80. The van der Waals surface area contributed by atoms with Gasteiger partial charge < -0.3 is 20.7 Å². The van der Waals surface area contributed by atoms with Crippen molar-refractivity contribution in [1.82, 2.24) is 0 Å². The van der Waals surface area contributed by atoms with Gasteiger partial charge in [-0.25, -0.2) is 4.79 Å². The van der Waals surface area contributed by atoms with E-state index in [1.165, 1.54) is 25.4 Å². The van der Waals surface area contributed by atoms with Crippen LogP contribution in [0.4, 0.5) is 16.4 Å². The van der Waals surface area contributed by atoms with Crippen LogP contribution in [0.2, 0.25) is 0 Å². The van der Waals surface area contributed by atoms with Crippen LogP contribution in [-0.4, -0.2) is 24.1 Å². The van der Waals surface area contributed by atoms with Crippen LogP contribution < -0.4 is 16.0 Å². The molecule has 1 heterocycles. The van der Waals surface area contributed by atoms with E-state index in [0.717, 1.165) is 16.1 Å². The fraction of sp³-hybridized carbons (Fsp3) is 0.0952. The highest BCUT2D eigenvalue weighted by atomic mass is 32.1. The molecule has 0 aliphatic heterocycles. The van der Waals surface area contributed by atoms with Crippen molar-refractivity contribution in [3.05, 3.63) is 66.2 Å². The first-order chi connectivity index (χ1) is 14.0. The first-order valence-corrected chi connectivity index (χ1v) is 9.92. The number of benzene rings is 2. The summed E-state index contributed by atoms with van der Waals surface area (Å²) in [6.45, 7) is 1.45. The van der Waals surface area contributed by atoms with E-state index in [0.29, 0.717) is 21.4 Å². The molecule has 0 fully saturated rings. The lowest BCUT2D eigenvalue weighted by Crippen LogP contribution is -2.19.